The Balaban J connectivity index is 1.67. The van der Waals surface area contributed by atoms with Crippen LogP contribution in [0.3, 0.4) is 0 Å². The molecule has 0 fully saturated rings. The van der Waals surface area contributed by atoms with Crippen LogP contribution in [-0.2, 0) is 6.54 Å². The molecule has 0 amide bonds. The normalized spacial score (nSPS) is 19.6. The van der Waals surface area contributed by atoms with Crippen LogP contribution in [0.2, 0.25) is 0 Å². The molecule has 2 N–H and O–H groups in total. The predicted octanol–water partition coefficient (Wildman–Crippen LogP) is 8.66. The number of amidine groups is 1. The second-order valence-corrected chi connectivity index (χ2v) is 9.64. The van der Waals surface area contributed by atoms with Crippen LogP contribution in [0.5, 0.6) is 0 Å². The highest BCUT2D eigenvalue weighted by Gasteiger charge is 2.26. The molecule has 0 spiro atoms. The first kappa shape index (κ1) is 27.2. The number of benzene rings is 3. The van der Waals surface area contributed by atoms with Gasteiger partial charge >= 0.3 is 0 Å². The van der Waals surface area contributed by atoms with Crippen molar-refractivity contribution in [3.05, 3.63) is 157 Å². The summed E-state index contributed by atoms with van der Waals surface area (Å²) in [5, 5.41) is 8.93. The number of para-hydroxylation sites is 1. The van der Waals surface area contributed by atoms with Gasteiger partial charge in [0, 0.05) is 35.4 Å². The van der Waals surface area contributed by atoms with Crippen molar-refractivity contribution in [2.24, 2.45) is 10.2 Å². The van der Waals surface area contributed by atoms with Crippen LogP contribution in [0.1, 0.15) is 12.5 Å². The fourth-order valence-corrected chi connectivity index (χ4v) is 4.94. The first-order valence-electron chi connectivity index (χ1n) is 13.5. The van der Waals surface area contributed by atoms with Gasteiger partial charge in [-0.05, 0) is 66.1 Å². The van der Waals surface area contributed by atoms with Crippen molar-refractivity contribution in [2.75, 3.05) is 15.5 Å². The van der Waals surface area contributed by atoms with Gasteiger partial charge < -0.3 is 10.6 Å². The summed E-state index contributed by atoms with van der Waals surface area (Å²) in [6.07, 6.45) is 20.8. The van der Waals surface area contributed by atoms with Gasteiger partial charge in [0.15, 0.2) is 5.84 Å². The molecule has 3 aromatic rings. The van der Waals surface area contributed by atoms with Crippen molar-refractivity contribution in [3.63, 3.8) is 0 Å². The minimum absolute atomic E-state index is 0.611. The van der Waals surface area contributed by atoms with Crippen molar-refractivity contribution >= 4 is 34.8 Å². The SMILES string of the molecule is C=C/C=C(\C(=C)C)N(C1=N/N=C\C=C/C=C/C=C/C=C\1)c1ccc(N)c(N2Cc3ccccc3-c3ccccc32)c1. The van der Waals surface area contributed by atoms with Crippen LogP contribution in [0.25, 0.3) is 11.1 Å². The molecular weight excluding hydrogens is 502 g/mol. The van der Waals surface area contributed by atoms with E-state index < -0.39 is 0 Å². The zero-order valence-electron chi connectivity index (χ0n) is 23.2. The Morgan fingerprint density at radius 2 is 1.59 bits per heavy atom. The van der Waals surface area contributed by atoms with Gasteiger partial charge in [-0.25, -0.2) is 0 Å². The molecule has 0 bridgehead atoms. The Morgan fingerprint density at radius 3 is 2.37 bits per heavy atom. The lowest BCUT2D eigenvalue weighted by molar-refractivity contribution is 0.962. The number of nitrogen functional groups attached to an aromatic ring is 1. The third-order valence-corrected chi connectivity index (χ3v) is 6.80. The van der Waals surface area contributed by atoms with Crippen LogP contribution in [0.4, 0.5) is 22.7 Å². The summed E-state index contributed by atoms with van der Waals surface area (Å²) in [7, 11) is 0. The van der Waals surface area contributed by atoms with Gasteiger partial charge in [0.1, 0.15) is 0 Å². The summed E-state index contributed by atoms with van der Waals surface area (Å²) in [6, 6.07) is 23.0. The zero-order chi connectivity index (χ0) is 28.6. The lowest BCUT2D eigenvalue weighted by atomic mass is 9.93. The predicted molar refractivity (Wildman–Crippen MR) is 177 cm³/mol. The lowest BCUT2D eigenvalue weighted by Crippen LogP contribution is -2.30. The van der Waals surface area contributed by atoms with E-state index in [1.807, 2.05) is 78.6 Å². The Labute approximate surface area is 242 Å². The van der Waals surface area contributed by atoms with E-state index in [-0.39, 0.29) is 0 Å². The molecule has 2 aliphatic heterocycles. The summed E-state index contributed by atoms with van der Waals surface area (Å²) < 4.78 is 0. The minimum Gasteiger partial charge on any atom is -0.397 e. The molecule has 202 valence electrons. The van der Waals surface area contributed by atoms with Crippen molar-refractivity contribution < 1.29 is 0 Å². The van der Waals surface area contributed by atoms with E-state index >= 15 is 0 Å². The van der Waals surface area contributed by atoms with Crippen LogP contribution < -0.4 is 15.5 Å². The molecule has 0 radical (unpaired) electrons. The number of anilines is 4. The minimum atomic E-state index is 0.611. The third-order valence-electron chi connectivity index (χ3n) is 6.80. The molecule has 0 aromatic heterocycles. The zero-order valence-corrected chi connectivity index (χ0v) is 23.2. The summed E-state index contributed by atoms with van der Waals surface area (Å²) in [6.45, 7) is 10.9. The Bertz CT molecular complexity index is 1680. The van der Waals surface area contributed by atoms with Crippen LogP contribution >= 0.6 is 0 Å². The van der Waals surface area contributed by atoms with Gasteiger partial charge in [0.05, 0.1) is 11.4 Å². The second kappa shape index (κ2) is 12.6. The highest BCUT2D eigenvalue weighted by molar-refractivity contribution is 6.09. The molecular formula is C36H33N5. The maximum Gasteiger partial charge on any atom is 0.160 e. The van der Waals surface area contributed by atoms with Gasteiger partial charge in [-0.2, -0.15) is 5.10 Å². The van der Waals surface area contributed by atoms with Gasteiger partial charge in [0.25, 0.3) is 0 Å². The van der Waals surface area contributed by atoms with E-state index in [9.17, 15) is 0 Å². The number of hydrogen-bond donors (Lipinski definition) is 1. The van der Waals surface area contributed by atoms with Gasteiger partial charge in [-0.3, -0.25) is 4.90 Å². The fraction of sp³-hybridized carbons (Fsp3) is 0.0556. The van der Waals surface area contributed by atoms with Gasteiger partial charge in [-0.1, -0.05) is 98.2 Å². The highest BCUT2D eigenvalue weighted by atomic mass is 15.3. The van der Waals surface area contributed by atoms with E-state index in [1.54, 1.807) is 12.3 Å². The molecule has 5 heteroatoms. The number of rotatable bonds is 5. The van der Waals surface area contributed by atoms with Gasteiger partial charge in [-0.15, -0.1) is 5.10 Å². The van der Waals surface area contributed by atoms with Crippen LogP contribution in [0, 0.1) is 0 Å². The van der Waals surface area contributed by atoms with Crippen LogP contribution in [0.15, 0.2) is 162 Å². The summed E-state index contributed by atoms with van der Waals surface area (Å²) in [4.78, 5) is 4.31. The molecule has 5 nitrogen and oxygen atoms in total. The van der Waals surface area contributed by atoms with E-state index in [2.05, 4.69) is 82.9 Å². The molecule has 2 aliphatic rings. The molecule has 0 saturated heterocycles. The molecule has 0 atom stereocenters. The molecule has 2 heterocycles. The smallest absolute Gasteiger partial charge is 0.160 e. The third kappa shape index (κ3) is 5.94. The lowest BCUT2D eigenvalue weighted by Gasteiger charge is -2.35. The number of fused-ring (bicyclic) bond motifs is 3. The summed E-state index contributed by atoms with van der Waals surface area (Å²) in [5.41, 5.74) is 15.6. The standard InChI is InChI=1S/C36H33N5/c1-4-16-33(27(2)3)41(36-21-10-8-6-5-7-9-15-24-38-39-36)29-22-23-32(37)35(25-29)40-26-28-17-11-12-18-30(28)31-19-13-14-20-34(31)40/h4-25H,1-2,26,37H2,3H3/b6-5?,7-5+,8-6+,9-7?,10-8?,15-9-,21-10-,24-15?,33-16+,36-21?,38-24-,39-36+,39-38?. The van der Waals surface area contributed by atoms with Crippen LogP contribution in [-0.4, -0.2) is 12.1 Å². The first-order valence-corrected chi connectivity index (χ1v) is 13.5. The van der Waals surface area contributed by atoms with Crippen molar-refractivity contribution in [3.8, 4) is 11.1 Å². The average Bonchev–Trinajstić information content (AvgIpc) is 2.98. The van der Waals surface area contributed by atoms with Gasteiger partial charge in [0.2, 0.25) is 0 Å². The highest BCUT2D eigenvalue weighted by Crippen LogP contribution is 2.45. The molecule has 41 heavy (non-hydrogen) atoms. The molecule has 0 aliphatic carbocycles. The Morgan fingerprint density at radius 1 is 0.878 bits per heavy atom. The quantitative estimate of drug-likeness (QED) is 0.263. The summed E-state index contributed by atoms with van der Waals surface area (Å²) in [5.74, 6) is 0.611. The van der Waals surface area contributed by atoms with E-state index in [0.717, 1.165) is 28.3 Å². The number of nitrogens with zero attached hydrogens (tertiary/aromatic N) is 4. The Hall–Kier alpha value is -5.42. The van der Waals surface area contributed by atoms with E-state index in [4.69, 9.17) is 5.73 Å². The maximum absolute atomic E-state index is 6.69. The van der Waals surface area contributed by atoms with Crippen molar-refractivity contribution in [1.29, 1.82) is 0 Å². The monoisotopic (exact) mass is 535 g/mol. The maximum atomic E-state index is 6.69. The number of hydrogen-bond acceptors (Lipinski definition) is 5. The molecule has 5 rings (SSSR count). The van der Waals surface area contributed by atoms with E-state index in [1.165, 1.54) is 16.7 Å². The first-order chi connectivity index (χ1) is 20.1. The van der Waals surface area contributed by atoms with E-state index in [0.29, 0.717) is 18.1 Å². The topological polar surface area (TPSA) is 57.2 Å². The molecule has 3 aromatic carbocycles. The molecule has 0 unspecified atom stereocenters. The Kier molecular flexibility index (Phi) is 8.36. The largest absolute Gasteiger partial charge is 0.397 e. The summed E-state index contributed by atoms with van der Waals surface area (Å²) >= 11 is 0. The van der Waals surface area contributed by atoms with Crippen molar-refractivity contribution in [1.82, 2.24) is 0 Å². The van der Waals surface area contributed by atoms with Crippen molar-refractivity contribution in [2.45, 2.75) is 13.5 Å². The average molecular weight is 536 g/mol. The molecule has 0 saturated carbocycles. The number of allylic oxidation sites excluding steroid dienone is 10. The number of nitrogens with two attached hydrogens (primary N) is 1. The second-order valence-electron chi connectivity index (χ2n) is 9.64. The fourth-order valence-electron chi connectivity index (χ4n) is 4.94.